The van der Waals surface area contributed by atoms with Crippen LogP contribution in [0.5, 0.6) is 5.75 Å². The molecule has 1 heterocycles. The van der Waals surface area contributed by atoms with Crippen molar-refractivity contribution in [3.63, 3.8) is 0 Å². The fourth-order valence-corrected chi connectivity index (χ4v) is 4.61. The summed E-state index contributed by atoms with van der Waals surface area (Å²) in [6.45, 7) is 2.82. The van der Waals surface area contributed by atoms with E-state index >= 15 is 0 Å². The average molecular weight is 380 g/mol. The topological polar surface area (TPSA) is 38.8 Å². The molecule has 4 heteroatoms. The van der Waals surface area contributed by atoms with Crippen LogP contribution < -0.4 is 4.74 Å². The van der Waals surface area contributed by atoms with Crippen molar-refractivity contribution >= 4 is 5.78 Å². The summed E-state index contributed by atoms with van der Waals surface area (Å²) in [5.41, 5.74) is 5.99. The fourth-order valence-electron chi connectivity index (χ4n) is 4.61. The van der Waals surface area contributed by atoms with Gasteiger partial charge in [0.2, 0.25) is 0 Å². The number of carbonyl (C=O) groups is 1. The molecule has 2 aromatic carbocycles. The summed E-state index contributed by atoms with van der Waals surface area (Å²) >= 11 is 0. The van der Waals surface area contributed by atoms with Gasteiger partial charge in [0.1, 0.15) is 12.4 Å². The first kappa shape index (κ1) is 19.2. The monoisotopic (exact) mass is 379 g/mol. The van der Waals surface area contributed by atoms with Crippen molar-refractivity contribution in [3.8, 4) is 5.75 Å². The molecule has 148 valence electrons. The van der Waals surface area contributed by atoms with E-state index in [1.807, 2.05) is 6.07 Å². The predicted molar refractivity (Wildman–Crippen MR) is 110 cm³/mol. The summed E-state index contributed by atoms with van der Waals surface area (Å²) in [5, 5.41) is 0. The van der Waals surface area contributed by atoms with Crippen molar-refractivity contribution in [1.29, 1.82) is 0 Å². The van der Waals surface area contributed by atoms with Gasteiger partial charge in [-0.3, -0.25) is 4.79 Å². The third-order valence-corrected chi connectivity index (χ3v) is 6.08. The molecule has 2 aliphatic rings. The highest BCUT2D eigenvalue weighted by Gasteiger charge is 2.24. The van der Waals surface area contributed by atoms with E-state index in [4.69, 9.17) is 9.47 Å². The maximum atomic E-state index is 11.9. The summed E-state index contributed by atoms with van der Waals surface area (Å²) in [5.74, 6) is 1.70. The van der Waals surface area contributed by atoms with Gasteiger partial charge < -0.3 is 14.4 Å². The van der Waals surface area contributed by atoms with Crippen LogP contribution in [0, 0.1) is 0 Å². The molecule has 0 spiro atoms. The van der Waals surface area contributed by atoms with Gasteiger partial charge in [-0.15, -0.1) is 0 Å². The van der Waals surface area contributed by atoms with E-state index in [1.165, 1.54) is 29.5 Å². The fraction of sp³-hybridized carbons (Fsp3) is 0.458. The molecule has 0 radical (unpaired) electrons. The van der Waals surface area contributed by atoms with Gasteiger partial charge in [0, 0.05) is 18.7 Å². The van der Waals surface area contributed by atoms with E-state index in [2.05, 4.69) is 42.3 Å². The van der Waals surface area contributed by atoms with E-state index in [0.29, 0.717) is 12.5 Å². The van der Waals surface area contributed by atoms with Crippen molar-refractivity contribution in [3.05, 3.63) is 64.2 Å². The van der Waals surface area contributed by atoms with Crippen LogP contribution in [0.15, 0.2) is 36.4 Å². The molecular weight excluding hydrogens is 350 g/mol. The summed E-state index contributed by atoms with van der Waals surface area (Å²) in [4.78, 5) is 14.3. The molecule has 0 saturated heterocycles. The standard InChI is InChI=1S/C24H29NO3/c1-25(12-11-17-9-10-21-19(13-17)15-28-16-23(21)26)14-18-5-3-7-22-20(18)6-4-8-24(22)27-2/h4,6,8-10,13,18H,3,5,7,11-12,14-16H2,1-2H3. The first-order valence-electron chi connectivity index (χ1n) is 10.2. The molecule has 0 amide bonds. The van der Waals surface area contributed by atoms with Crippen molar-refractivity contribution < 1.29 is 14.3 Å². The third-order valence-electron chi connectivity index (χ3n) is 6.08. The normalized spacial score (nSPS) is 18.7. The molecule has 0 aromatic heterocycles. The minimum absolute atomic E-state index is 0.0938. The highest BCUT2D eigenvalue weighted by molar-refractivity contribution is 5.99. The second kappa shape index (κ2) is 8.46. The molecule has 28 heavy (non-hydrogen) atoms. The second-order valence-corrected chi connectivity index (χ2v) is 8.04. The first-order valence-corrected chi connectivity index (χ1v) is 10.2. The molecule has 1 aliphatic heterocycles. The Labute approximate surface area is 167 Å². The van der Waals surface area contributed by atoms with Crippen LogP contribution in [0.4, 0.5) is 0 Å². The van der Waals surface area contributed by atoms with Crippen LogP contribution in [0.2, 0.25) is 0 Å². The summed E-state index contributed by atoms with van der Waals surface area (Å²) in [7, 11) is 3.97. The Morgan fingerprint density at radius 3 is 2.96 bits per heavy atom. The molecule has 1 aliphatic carbocycles. The number of likely N-dealkylation sites (N-methyl/N-ethyl adjacent to an activating group) is 1. The summed E-state index contributed by atoms with van der Waals surface area (Å²) in [6.07, 6.45) is 4.57. The maximum Gasteiger partial charge on any atom is 0.188 e. The Bertz CT molecular complexity index is 861. The largest absolute Gasteiger partial charge is 0.496 e. The van der Waals surface area contributed by atoms with Crippen LogP contribution in [0.3, 0.4) is 0 Å². The predicted octanol–water partition coefficient (Wildman–Crippen LogP) is 4.00. The number of hydrogen-bond acceptors (Lipinski definition) is 4. The van der Waals surface area contributed by atoms with E-state index in [1.54, 1.807) is 7.11 Å². The molecule has 0 saturated carbocycles. The van der Waals surface area contributed by atoms with Gasteiger partial charge in [0.25, 0.3) is 0 Å². The van der Waals surface area contributed by atoms with Gasteiger partial charge in [-0.2, -0.15) is 0 Å². The molecule has 0 fully saturated rings. The number of hydrogen-bond donors (Lipinski definition) is 0. The summed E-state index contributed by atoms with van der Waals surface area (Å²) in [6, 6.07) is 12.7. The van der Waals surface area contributed by atoms with E-state index < -0.39 is 0 Å². The Kier molecular flexibility index (Phi) is 5.79. The SMILES string of the molecule is COc1cccc2c1CCCC2CN(C)CCc1ccc2c(c1)COCC2=O. The lowest BCUT2D eigenvalue weighted by molar-refractivity contribution is 0.0665. The Hall–Kier alpha value is -2.17. The van der Waals surface area contributed by atoms with Crippen molar-refractivity contribution in [1.82, 2.24) is 4.90 Å². The number of carbonyl (C=O) groups excluding carboxylic acids is 1. The molecule has 0 bridgehead atoms. The number of rotatable bonds is 6. The van der Waals surface area contributed by atoms with Crippen molar-refractivity contribution in [2.45, 2.75) is 38.2 Å². The molecule has 1 unspecified atom stereocenters. The highest BCUT2D eigenvalue weighted by atomic mass is 16.5. The van der Waals surface area contributed by atoms with Crippen LogP contribution in [-0.4, -0.2) is 44.5 Å². The second-order valence-electron chi connectivity index (χ2n) is 8.04. The smallest absolute Gasteiger partial charge is 0.188 e. The number of ketones is 1. The highest BCUT2D eigenvalue weighted by Crippen LogP contribution is 2.36. The van der Waals surface area contributed by atoms with Gasteiger partial charge in [-0.1, -0.05) is 30.3 Å². The lowest BCUT2D eigenvalue weighted by atomic mass is 9.82. The lowest BCUT2D eigenvalue weighted by Gasteiger charge is -2.30. The van der Waals surface area contributed by atoms with Gasteiger partial charge in [-0.05, 0) is 67.0 Å². The van der Waals surface area contributed by atoms with Crippen molar-refractivity contribution in [2.75, 3.05) is 33.9 Å². The minimum Gasteiger partial charge on any atom is -0.496 e. The average Bonchev–Trinajstić information content (AvgIpc) is 2.72. The molecule has 1 atom stereocenters. The third kappa shape index (κ3) is 3.98. The zero-order valence-corrected chi connectivity index (χ0v) is 16.9. The van der Waals surface area contributed by atoms with E-state index in [0.717, 1.165) is 42.8 Å². The van der Waals surface area contributed by atoms with Gasteiger partial charge >= 0.3 is 0 Å². The van der Waals surface area contributed by atoms with Crippen LogP contribution in [0.1, 0.15) is 51.4 Å². The van der Waals surface area contributed by atoms with Gasteiger partial charge in [0.15, 0.2) is 5.78 Å². The first-order chi connectivity index (χ1) is 13.7. The van der Waals surface area contributed by atoms with Gasteiger partial charge in [0.05, 0.1) is 13.7 Å². The molecular formula is C24H29NO3. The molecule has 4 rings (SSSR count). The number of Topliss-reactive ketones (excluding diaryl/α,β-unsaturated/α-hetero) is 1. The number of benzene rings is 2. The van der Waals surface area contributed by atoms with Crippen LogP contribution >= 0.6 is 0 Å². The molecule has 0 N–H and O–H groups in total. The maximum absolute atomic E-state index is 11.9. The zero-order chi connectivity index (χ0) is 19.5. The number of fused-ring (bicyclic) bond motifs is 2. The summed E-state index contributed by atoms with van der Waals surface area (Å²) < 4.78 is 10.9. The Morgan fingerprint density at radius 1 is 1.21 bits per heavy atom. The molecule has 4 nitrogen and oxygen atoms in total. The number of ether oxygens (including phenoxy) is 2. The van der Waals surface area contributed by atoms with Crippen LogP contribution in [-0.2, 0) is 24.2 Å². The van der Waals surface area contributed by atoms with Crippen molar-refractivity contribution in [2.24, 2.45) is 0 Å². The van der Waals surface area contributed by atoms with E-state index in [9.17, 15) is 4.79 Å². The number of methoxy groups -OCH3 is 1. The Balaban J connectivity index is 1.38. The van der Waals surface area contributed by atoms with Gasteiger partial charge in [-0.25, -0.2) is 0 Å². The zero-order valence-electron chi connectivity index (χ0n) is 16.9. The van der Waals surface area contributed by atoms with E-state index in [-0.39, 0.29) is 12.4 Å². The molecule has 2 aromatic rings. The number of nitrogens with zero attached hydrogens (tertiary/aromatic N) is 1. The van der Waals surface area contributed by atoms with Crippen LogP contribution in [0.25, 0.3) is 0 Å². The quantitative estimate of drug-likeness (QED) is 0.760. The minimum atomic E-state index is 0.0938. The lowest BCUT2D eigenvalue weighted by Crippen LogP contribution is -2.29. The Morgan fingerprint density at radius 2 is 2.11 bits per heavy atom.